The van der Waals surface area contributed by atoms with Crippen molar-refractivity contribution in [1.82, 2.24) is 0 Å². The third-order valence-electron chi connectivity index (χ3n) is 4.12. The van der Waals surface area contributed by atoms with Crippen LogP contribution in [0.3, 0.4) is 0 Å². The number of aromatic hydroxyl groups is 1. The highest BCUT2D eigenvalue weighted by molar-refractivity contribution is 5.70. The van der Waals surface area contributed by atoms with Crippen LogP contribution < -0.4 is 0 Å². The van der Waals surface area contributed by atoms with Crippen molar-refractivity contribution in [2.75, 3.05) is 0 Å². The molecule has 3 rings (SSSR count). The second kappa shape index (κ2) is 6.65. The molecule has 1 N–H and O–H groups in total. The fourth-order valence-corrected chi connectivity index (χ4v) is 2.79. The number of esters is 1. The van der Waals surface area contributed by atoms with Gasteiger partial charge in [0.05, 0.1) is 6.42 Å². The molecule has 2 aromatic carbocycles. The molecule has 1 aliphatic carbocycles. The summed E-state index contributed by atoms with van der Waals surface area (Å²) in [6, 6.07) is 16.9. The monoisotopic (exact) mass is 296 g/mol. The first-order valence-electron chi connectivity index (χ1n) is 7.71. The van der Waals surface area contributed by atoms with Crippen LogP contribution in [0, 0.1) is 5.92 Å². The molecule has 0 aromatic heterocycles. The third-order valence-corrected chi connectivity index (χ3v) is 4.12. The number of phenols is 1. The standard InChI is InChI=1S/C19H20O3/c20-17-8-4-7-16(11-17)18(15-9-10-15)12-19(21)22-13-14-5-2-1-3-6-14/h1-8,11,15,18,20H,9-10,12-13H2. The third kappa shape index (κ3) is 3.88. The Morgan fingerprint density at radius 3 is 2.59 bits per heavy atom. The highest BCUT2D eigenvalue weighted by Gasteiger charge is 2.34. The predicted octanol–water partition coefficient (Wildman–Crippen LogP) is 4.02. The first-order valence-corrected chi connectivity index (χ1v) is 7.71. The van der Waals surface area contributed by atoms with E-state index in [9.17, 15) is 9.90 Å². The van der Waals surface area contributed by atoms with Gasteiger partial charge in [-0.3, -0.25) is 4.79 Å². The Morgan fingerprint density at radius 2 is 1.91 bits per heavy atom. The van der Waals surface area contributed by atoms with E-state index in [0.717, 1.165) is 24.0 Å². The molecule has 0 radical (unpaired) electrons. The Bertz CT molecular complexity index is 632. The van der Waals surface area contributed by atoms with Crippen molar-refractivity contribution in [2.45, 2.75) is 31.8 Å². The van der Waals surface area contributed by atoms with E-state index >= 15 is 0 Å². The number of hydrogen-bond donors (Lipinski definition) is 1. The normalized spacial score (nSPS) is 15.3. The molecule has 1 atom stereocenters. The maximum Gasteiger partial charge on any atom is 0.306 e. The van der Waals surface area contributed by atoms with Crippen LogP contribution in [0.1, 0.15) is 36.3 Å². The molecule has 0 amide bonds. The average molecular weight is 296 g/mol. The average Bonchev–Trinajstić information content (AvgIpc) is 3.36. The van der Waals surface area contributed by atoms with Crippen molar-refractivity contribution < 1.29 is 14.6 Å². The maximum atomic E-state index is 12.1. The van der Waals surface area contributed by atoms with Crippen molar-refractivity contribution in [1.29, 1.82) is 0 Å². The first kappa shape index (κ1) is 14.6. The summed E-state index contributed by atoms with van der Waals surface area (Å²) in [5, 5.41) is 9.63. The van der Waals surface area contributed by atoms with E-state index in [4.69, 9.17) is 4.74 Å². The molecule has 114 valence electrons. The lowest BCUT2D eigenvalue weighted by Gasteiger charge is -2.16. The Kier molecular flexibility index (Phi) is 4.42. The summed E-state index contributed by atoms with van der Waals surface area (Å²) in [7, 11) is 0. The fourth-order valence-electron chi connectivity index (χ4n) is 2.79. The number of carbonyl (C=O) groups is 1. The van der Waals surface area contributed by atoms with Gasteiger partial charge >= 0.3 is 5.97 Å². The lowest BCUT2D eigenvalue weighted by Crippen LogP contribution is -2.12. The van der Waals surface area contributed by atoms with Crippen molar-refractivity contribution in [3.63, 3.8) is 0 Å². The van der Waals surface area contributed by atoms with E-state index in [1.165, 1.54) is 0 Å². The van der Waals surface area contributed by atoms with Crippen LogP contribution >= 0.6 is 0 Å². The van der Waals surface area contributed by atoms with Crippen molar-refractivity contribution in [2.24, 2.45) is 5.92 Å². The smallest absolute Gasteiger partial charge is 0.306 e. The molecule has 1 fully saturated rings. The molecule has 0 aliphatic heterocycles. The van der Waals surface area contributed by atoms with Crippen LogP contribution in [0.2, 0.25) is 0 Å². The van der Waals surface area contributed by atoms with Gasteiger partial charge in [0.25, 0.3) is 0 Å². The van der Waals surface area contributed by atoms with Gasteiger partial charge in [0.2, 0.25) is 0 Å². The number of phenolic OH excluding ortho intramolecular Hbond substituents is 1. The molecule has 3 nitrogen and oxygen atoms in total. The maximum absolute atomic E-state index is 12.1. The lowest BCUT2D eigenvalue weighted by molar-refractivity contribution is -0.145. The van der Waals surface area contributed by atoms with E-state index in [-0.39, 0.29) is 17.6 Å². The zero-order valence-electron chi connectivity index (χ0n) is 12.4. The largest absolute Gasteiger partial charge is 0.508 e. The summed E-state index contributed by atoms with van der Waals surface area (Å²) in [6.07, 6.45) is 2.67. The van der Waals surface area contributed by atoms with Gasteiger partial charge in [-0.05, 0) is 47.9 Å². The Balaban J connectivity index is 1.60. The predicted molar refractivity (Wildman–Crippen MR) is 84.4 cm³/mol. The second-order valence-electron chi connectivity index (χ2n) is 5.89. The van der Waals surface area contributed by atoms with Gasteiger partial charge in [-0.2, -0.15) is 0 Å². The lowest BCUT2D eigenvalue weighted by atomic mass is 9.91. The summed E-state index contributed by atoms with van der Waals surface area (Å²) in [4.78, 5) is 12.1. The van der Waals surface area contributed by atoms with E-state index in [0.29, 0.717) is 18.9 Å². The summed E-state index contributed by atoms with van der Waals surface area (Å²) in [6.45, 7) is 0.317. The van der Waals surface area contributed by atoms with Crippen LogP contribution in [0.25, 0.3) is 0 Å². The topological polar surface area (TPSA) is 46.5 Å². The minimum Gasteiger partial charge on any atom is -0.508 e. The number of benzene rings is 2. The van der Waals surface area contributed by atoms with Crippen LogP contribution in [0.4, 0.5) is 0 Å². The molecule has 1 unspecified atom stereocenters. The molecule has 0 heterocycles. The van der Waals surface area contributed by atoms with E-state index in [1.807, 2.05) is 42.5 Å². The SMILES string of the molecule is O=C(CC(c1cccc(O)c1)C1CC1)OCc1ccccc1. The van der Waals surface area contributed by atoms with Gasteiger partial charge in [0.1, 0.15) is 12.4 Å². The van der Waals surface area contributed by atoms with Crippen molar-refractivity contribution in [3.05, 3.63) is 65.7 Å². The van der Waals surface area contributed by atoms with Gasteiger partial charge < -0.3 is 9.84 Å². The fraction of sp³-hybridized carbons (Fsp3) is 0.316. The van der Waals surface area contributed by atoms with E-state index < -0.39 is 0 Å². The number of carbonyl (C=O) groups excluding carboxylic acids is 1. The van der Waals surface area contributed by atoms with Gasteiger partial charge in [0.15, 0.2) is 0 Å². The van der Waals surface area contributed by atoms with Gasteiger partial charge in [-0.1, -0.05) is 42.5 Å². The second-order valence-corrected chi connectivity index (χ2v) is 5.89. The molecule has 1 saturated carbocycles. The van der Waals surface area contributed by atoms with Gasteiger partial charge in [-0.25, -0.2) is 0 Å². The molecule has 0 bridgehead atoms. The van der Waals surface area contributed by atoms with Crippen LogP contribution in [-0.4, -0.2) is 11.1 Å². The van der Waals surface area contributed by atoms with Crippen LogP contribution in [-0.2, 0) is 16.1 Å². The molecular weight excluding hydrogens is 276 g/mol. The molecule has 3 heteroatoms. The zero-order chi connectivity index (χ0) is 15.4. The van der Waals surface area contributed by atoms with E-state index in [1.54, 1.807) is 12.1 Å². The minimum absolute atomic E-state index is 0.148. The molecule has 1 aliphatic rings. The zero-order valence-corrected chi connectivity index (χ0v) is 12.4. The molecule has 0 saturated heterocycles. The highest BCUT2D eigenvalue weighted by Crippen LogP contribution is 2.45. The van der Waals surface area contributed by atoms with Crippen LogP contribution in [0.15, 0.2) is 54.6 Å². The summed E-state index contributed by atoms with van der Waals surface area (Å²) < 4.78 is 5.39. The Morgan fingerprint density at radius 1 is 1.14 bits per heavy atom. The first-order chi connectivity index (χ1) is 10.7. The molecular formula is C19H20O3. The van der Waals surface area contributed by atoms with Crippen molar-refractivity contribution >= 4 is 5.97 Å². The highest BCUT2D eigenvalue weighted by atomic mass is 16.5. The molecule has 2 aromatic rings. The molecule has 22 heavy (non-hydrogen) atoms. The number of hydrogen-bond acceptors (Lipinski definition) is 3. The van der Waals surface area contributed by atoms with Gasteiger partial charge in [-0.15, -0.1) is 0 Å². The van der Waals surface area contributed by atoms with Crippen molar-refractivity contribution in [3.8, 4) is 5.75 Å². The Hall–Kier alpha value is -2.29. The molecule has 0 spiro atoms. The summed E-state index contributed by atoms with van der Waals surface area (Å²) >= 11 is 0. The minimum atomic E-state index is -0.177. The Labute approximate surface area is 130 Å². The number of rotatable bonds is 6. The van der Waals surface area contributed by atoms with Crippen LogP contribution in [0.5, 0.6) is 5.75 Å². The summed E-state index contributed by atoms with van der Waals surface area (Å²) in [5.41, 5.74) is 2.02. The number of ether oxygens (including phenoxy) is 1. The van der Waals surface area contributed by atoms with Gasteiger partial charge in [0, 0.05) is 0 Å². The quantitative estimate of drug-likeness (QED) is 0.819. The summed E-state index contributed by atoms with van der Waals surface area (Å²) in [5.74, 6) is 0.756. The van der Waals surface area contributed by atoms with E-state index in [2.05, 4.69) is 0 Å².